The summed E-state index contributed by atoms with van der Waals surface area (Å²) in [6.45, 7) is 0.677. The summed E-state index contributed by atoms with van der Waals surface area (Å²) in [4.78, 5) is 16.2. The minimum Gasteiger partial charge on any atom is -0.396 e. The third-order valence-corrected chi connectivity index (χ3v) is 7.71. The molecule has 204 valence electrons. The van der Waals surface area contributed by atoms with Crippen LogP contribution in [0.3, 0.4) is 0 Å². The van der Waals surface area contributed by atoms with Crippen LogP contribution in [-0.4, -0.2) is 39.8 Å². The minimum atomic E-state index is -0.846. The van der Waals surface area contributed by atoms with Crippen LogP contribution in [0.2, 0.25) is 0 Å². The number of hydrogen-bond donors (Lipinski definition) is 3. The van der Waals surface area contributed by atoms with Crippen molar-refractivity contribution in [1.29, 1.82) is 0 Å². The number of aliphatic hydroxyl groups is 2. The largest absolute Gasteiger partial charge is 0.396 e. The van der Waals surface area contributed by atoms with Gasteiger partial charge in [0.25, 0.3) is 0 Å². The zero-order valence-electron chi connectivity index (χ0n) is 22.5. The van der Waals surface area contributed by atoms with E-state index in [0.717, 1.165) is 22.3 Å². The van der Waals surface area contributed by atoms with E-state index in [-0.39, 0.29) is 24.3 Å². The SMILES string of the molecule is O=C(NCc1ccccc1)[C@H](c1ccccc1)N(Cc1ccccc1)[C@H]1[C@@H](O)[C@@H](c2ccccc2)C=C[C@@H]1CO. The van der Waals surface area contributed by atoms with Gasteiger partial charge < -0.3 is 15.5 Å². The number of nitrogens with zero attached hydrogens (tertiary/aromatic N) is 1. The standard InChI is InChI=1S/C35H36N2O3/c38-25-30-21-22-31(28-17-9-3-10-18-28)34(39)32(30)37(24-27-15-7-2-8-16-27)33(29-19-11-4-12-20-29)35(40)36-23-26-13-5-1-6-14-26/h1-22,30-34,38-39H,23-25H2,(H,36,40)/t30-,31-,32-,33+,34+/m1/s1. The molecule has 0 saturated heterocycles. The van der Waals surface area contributed by atoms with E-state index in [2.05, 4.69) is 10.2 Å². The van der Waals surface area contributed by atoms with Crippen LogP contribution in [0.4, 0.5) is 0 Å². The Bertz CT molecular complexity index is 1360. The summed E-state index contributed by atoms with van der Waals surface area (Å²) in [5, 5.41) is 25.6. The third-order valence-electron chi connectivity index (χ3n) is 7.71. The molecule has 4 aromatic carbocycles. The molecule has 5 rings (SSSR count). The van der Waals surface area contributed by atoms with E-state index in [1.165, 1.54) is 0 Å². The summed E-state index contributed by atoms with van der Waals surface area (Å²) in [5.74, 6) is -0.774. The number of hydrogen-bond acceptors (Lipinski definition) is 4. The molecule has 0 unspecified atom stereocenters. The van der Waals surface area contributed by atoms with E-state index in [9.17, 15) is 15.0 Å². The molecular formula is C35H36N2O3. The Hall–Kier alpha value is -4.03. The van der Waals surface area contributed by atoms with E-state index in [1.54, 1.807) is 0 Å². The molecule has 0 aromatic heterocycles. The molecule has 4 aromatic rings. The quantitative estimate of drug-likeness (QED) is 0.244. The summed E-state index contributed by atoms with van der Waals surface area (Å²) in [6, 6.07) is 38.2. The summed E-state index contributed by atoms with van der Waals surface area (Å²) in [5.41, 5.74) is 3.86. The van der Waals surface area contributed by atoms with E-state index in [4.69, 9.17) is 0 Å². The Labute approximate surface area is 236 Å². The average molecular weight is 533 g/mol. The van der Waals surface area contributed by atoms with E-state index in [1.807, 2.05) is 133 Å². The van der Waals surface area contributed by atoms with Crippen LogP contribution in [0, 0.1) is 5.92 Å². The Morgan fingerprint density at radius 2 is 1.30 bits per heavy atom. The molecule has 0 fully saturated rings. The van der Waals surface area contributed by atoms with Crippen LogP contribution in [0.15, 0.2) is 133 Å². The lowest BCUT2D eigenvalue weighted by Crippen LogP contribution is -2.55. The highest BCUT2D eigenvalue weighted by atomic mass is 16.3. The lowest BCUT2D eigenvalue weighted by atomic mass is 9.77. The normalized spacial score (nSPS) is 21.2. The first-order valence-corrected chi connectivity index (χ1v) is 13.8. The molecule has 40 heavy (non-hydrogen) atoms. The predicted octanol–water partition coefficient (Wildman–Crippen LogP) is 5.24. The van der Waals surface area contributed by atoms with E-state index in [0.29, 0.717) is 13.1 Å². The maximum atomic E-state index is 14.1. The van der Waals surface area contributed by atoms with Crippen molar-refractivity contribution in [1.82, 2.24) is 10.2 Å². The van der Waals surface area contributed by atoms with Crippen LogP contribution in [-0.2, 0) is 17.9 Å². The van der Waals surface area contributed by atoms with Gasteiger partial charge in [0.1, 0.15) is 6.04 Å². The first-order valence-electron chi connectivity index (χ1n) is 13.8. The van der Waals surface area contributed by atoms with Crippen LogP contribution in [0.25, 0.3) is 0 Å². The second kappa shape index (κ2) is 13.4. The molecule has 1 aliphatic carbocycles. The van der Waals surface area contributed by atoms with Crippen molar-refractivity contribution in [3.63, 3.8) is 0 Å². The van der Waals surface area contributed by atoms with Crippen molar-refractivity contribution < 1.29 is 15.0 Å². The first kappa shape index (κ1) is 27.5. The van der Waals surface area contributed by atoms with E-state index >= 15 is 0 Å². The van der Waals surface area contributed by atoms with Gasteiger partial charge in [0.05, 0.1) is 12.7 Å². The lowest BCUT2D eigenvalue weighted by molar-refractivity contribution is -0.131. The topological polar surface area (TPSA) is 72.8 Å². The first-order chi connectivity index (χ1) is 19.7. The number of rotatable bonds is 10. The fraction of sp³-hybridized carbons (Fsp3) is 0.229. The minimum absolute atomic E-state index is 0.141. The van der Waals surface area contributed by atoms with Gasteiger partial charge in [0, 0.05) is 31.0 Å². The van der Waals surface area contributed by atoms with Gasteiger partial charge in [0.15, 0.2) is 0 Å². The van der Waals surface area contributed by atoms with Crippen molar-refractivity contribution in [3.8, 4) is 0 Å². The zero-order valence-corrected chi connectivity index (χ0v) is 22.5. The highest BCUT2D eigenvalue weighted by Crippen LogP contribution is 2.38. The fourth-order valence-electron chi connectivity index (χ4n) is 5.72. The van der Waals surface area contributed by atoms with Crippen LogP contribution >= 0.6 is 0 Å². The lowest BCUT2D eigenvalue weighted by Gasteiger charge is -2.46. The summed E-state index contributed by atoms with van der Waals surface area (Å²) >= 11 is 0. The number of carbonyl (C=O) groups is 1. The number of amides is 1. The van der Waals surface area contributed by atoms with Crippen LogP contribution < -0.4 is 5.32 Å². The van der Waals surface area contributed by atoms with Gasteiger partial charge in [-0.1, -0.05) is 133 Å². The molecule has 0 radical (unpaired) electrons. The molecule has 3 N–H and O–H groups in total. The summed E-state index contributed by atoms with van der Waals surface area (Å²) in [7, 11) is 0. The highest BCUT2D eigenvalue weighted by molar-refractivity contribution is 5.83. The molecular weight excluding hydrogens is 496 g/mol. The Morgan fingerprint density at radius 3 is 1.90 bits per heavy atom. The van der Waals surface area contributed by atoms with Crippen molar-refractivity contribution in [2.75, 3.05) is 6.61 Å². The molecule has 1 aliphatic rings. The van der Waals surface area contributed by atoms with Crippen molar-refractivity contribution in [2.24, 2.45) is 5.92 Å². The monoisotopic (exact) mass is 532 g/mol. The van der Waals surface area contributed by atoms with Gasteiger partial charge >= 0.3 is 0 Å². The number of nitrogens with one attached hydrogen (secondary N) is 1. The van der Waals surface area contributed by atoms with Crippen LogP contribution in [0.5, 0.6) is 0 Å². The zero-order chi connectivity index (χ0) is 27.7. The van der Waals surface area contributed by atoms with Gasteiger partial charge in [-0.15, -0.1) is 0 Å². The van der Waals surface area contributed by atoms with Crippen molar-refractivity contribution in [2.45, 2.75) is 37.2 Å². The second-order valence-corrected chi connectivity index (χ2v) is 10.3. The molecule has 0 aliphatic heterocycles. The molecule has 1 amide bonds. The van der Waals surface area contributed by atoms with Gasteiger partial charge in [0.2, 0.25) is 5.91 Å². The maximum absolute atomic E-state index is 14.1. The van der Waals surface area contributed by atoms with Gasteiger partial charge in [-0.25, -0.2) is 0 Å². The molecule has 0 bridgehead atoms. The number of carbonyl (C=O) groups excluding carboxylic acids is 1. The number of benzene rings is 4. The smallest absolute Gasteiger partial charge is 0.242 e. The van der Waals surface area contributed by atoms with Gasteiger partial charge in [-0.05, 0) is 22.3 Å². The molecule has 0 saturated carbocycles. The van der Waals surface area contributed by atoms with Crippen LogP contribution in [0.1, 0.15) is 34.2 Å². The molecule has 0 spiro atoms. The van der Waals surface area contributed by atoms with Gasteiger partial charge in [-0.3, -0.25) is 9.69 Å². The third kappa shape index (κ3) is 6.40. The predicted molar refractivity (Wildman–Crippen MR) is 158 cm³/mol. The van der Waals surface area contributed by atoms with Gasteiger partial charge in [-0.2, -0.15) is 0 Å². The maximum Gasteiger partial charge on any atom is 0.242 e. The summed E-state index contributed by atoms with van der Waals surface area (Å²) in [6.07, 6.45) is 3.14. The Kier molecular flexibility index (Phi) is 9.19. The highest BCUT2D eigenvalue weighted by Gasteiger charge is 2.43. The Balaban J connectivity index is 1.57. The molecule has 5 nitrogen and oxygen atoms in total. The number of aliphatic hydroxyl groups excluding tert-OH is 2. The fourth-order valence-corrected chi connectivity index (χ4v) is 5.72. The molecule has 0 heterocycles. The Morgan fingerprint density at radius 1 is 0.750 bits per heavy atom. The van der Waals surface area contributed by atoms with E-state index < -0.39 is 18.2 Å². The van der Waals surface area contributed by atoms with Crippen molar-refractivity contribution >= 4 is 5.91 Å². The molecule has 5 heteroatoms. The summed E-state index contributed by atoms with van der Waals surface area (Å²) < 4.78 is 0. The average Bonchev–Trinajstić information content (AvgIpc) is 3.01. The van der Waals surface area contributed by atoms with Crippen molar-refractivity contribution in [3.05, 3.63) is 156 Å². The second-order valence-electron chi connectivity index (χ2n) is 10.3. The molecule has 5 atom stereocenters.